The molecule has 7 heteroatoms. The summed E-state index contributed by atoms with van der Waals surface area (Å²) in [7, 11) is 0. The van der Waals surface area contributed by atoms with Crippen LogP contribution in [-0.4, -0.2) is 46.6 Å². The molecule has 2 aliphatic rings. The first-order chi connectivity index (χ1) is 12.7. The second kappa shape index (κ2) is 7.50. The Labute approximate surface area is 158 Å². The van der Waals surface area contributed by atoms with Crippen molar-refractivity contribution in [1.82, 2.24) is 4.90 Å². The monoisotopic (exact) mass is 372 g/mol. The molecule has 2 aliphatic heterocycles. The molecule has 0 fully saturated rings. The largest absolute Gasteiger partial charge is 0.460 e. The van der Waals surface area contributed by atoms with Crippen LogP contribution in [0.15, 0.2) is 29.4 Å². The average Bonchev–Trinajstić information content (AvgIpc) is 3.14. The molecule has 0 saturated heterocycles. The molecule has 0 bridgehead atoms. The highest BCUT2D eigenvalue weighted by Crippen LogP contribution is 2.24. The van der Waals surface area contributed by atoms with Crippen LogP contribution in [0.25, 0.3) is 0 Å². The number of oxime groups is 1. The van der Waals surface area contributed by atoms with Gasteiger partial charge in [0, 0.05) is 25.8 Å². The van der Waals surface area contributed by atoms with Gasteiger partial charge in [0.1, 0.15) is 11.7 Å². The van der Waals surface area contributed by atoms with Crippen molar-refractivity contribution >= 4 is 23.5 Å². The van der Waals surface area contributed by atoms with E-state index in [-0.39, 0.29) is 36.9 Å². The Kier molecular flexibility index (Phi) is 5.30. The van der Waals surface area contributed by atoms with E-state index in [2.05, 4.69) is 5.16 Å². The molecule has 144 valence electrons. The molecule has 0 radical (unpaired) electrons. The number of benzene rings is 1. The molecular formula is C20H24N2O5. The smallest absolute Gasteiger partial charge is 0.306 e. The third-order valence-electron chi connectivity index (χ3n) is 4.39. The quantitative estimate of drug-likeness (QED) is 0.566. The molecule has 0 aromatic heterocycles. The normalized spacial score (nSPS) is 19.0. The molecule has 0 saturated carbocycles. The van der Waals surface area contributed by atoms with E-state index in [9.17, 15) is 14.4 Å². The molecule has 0 N–H and O–H groups in total. The fourth-order valence-corrected chi connectivity index (χ4v) is 3.14. The fraction of sp³-hybridized carbons (Fsp3) is 0.500. The fourth-order valence-electron chi connectivity index (χ4n) is 3.14. The molecule has 27 heavy (non-hydrogen) atoms. The Balaban J connectivity index is 1.44. The number of esters is 1. The Morgan fingerprint density at radius 3 is 2.44 bits per heavy atom. The van der Waals surface area contributed by atoms with Crippen LogP contribution < -0.4 is 0 Å². The number of rotatable bonds is 6. The van der Waals surface area contributed by atoms with Gasteiger partial charge in [-0.3, -0.25) is 19.3 Å². The summed E-state index contributed by atoms with van der Waals surface area (Å²) < 4.78 is 5.28. The van der Waals surface area contributed by atoms with E-state index in [0.29, 0.717) is 30.4 Å². The number of fused-ring (bicyclic) bond motifs is 1. The summed E-state index contributed by atoms with van der Waals surface area (Å²) in [5, 5.41) is 4.05. The topological polar surface area (TPSA) is 85.3 Å². The van der Waals surface area contributed by atoms with E-state index in [4.69, 9.17) is 9.57 Å². The zero-order valence-corrected chi connectivity index (χ0v) is 15.9. The number of imide groups is 1. The maximum absolute atomic E-state index is 12.4. The summed E-state index contributed by atoms with van der Waals surface area (Å²) in [6.07, 6.45) is 1.67. The van der Waals surface area contributed by atoms with Crippen LogP contribution in [0, 0.1) is 0 Å². The summed E-state index contributed by atoms with van der Waals surface area (Å²) >= 11 is 0. The highest BCUT2D eigenvalue weighted by atomic mass is 16.6. The van der Waals surface area contributed by atoms with Crippen molar-refractivity contribution in [3.63, 3.8) is 0 Å². The SMILES string of the molecule is CC(C)(C)OC(=O)CCC1CC(CCN2C(=O)c3ccccc3C2=O)=NO1. The van der Waals surface area contributed by atoms with Gasteiger partial charge in [-0.15, -0.1) is 0 Å². The van der Waals surface area contributed by atoms with Gasteiger partial charge in [-0.2, -0.15) is 0 Å². The van der Waals surface area contributed by atoms with E-state index < -0.39 is 5.60 Å². The van der Waals surface area contributed by atoms with E-state index in [1.807, 2.05) is 20.8 Å². The predicted molar refractivity (Wildman–Crippen MR) is 98.4 cm³/mol. The highest BCUT2D eigenvalue weighted by molar-refractivity contribution is 6.21. The van der Waals surface area contributed by atoms with Gasteiger partial charge in [-0.25, -0.2) is 0 Å². The molecule has 1 atom stereocenters. The molecular weight excluding hydrogens is 348 g/mol. The van der Waals surface area contributed by atoms with Crippen LogP contribution in [-0.2, 0) is 14.4 Å². The maximum Gasteiger partial charge on any atom is 0.306 e. The Morgan fingerprint density at radius 1 is 1.22 bits per heavy atom. The van der Waals surface area contributed by atoms with Gasteiger partial charge in [0.05, 0.1) is 16.8 Å². The molecule has 7 nitrogen and oxygen atoms in total. The number of nitrogens with zero attached hydrogens (tertiary/aromatic N) is 2. The predicted octanol–water partition coefficient (Wildman–Crippen LogP) is 2.94. The molecule has 3 rings (SSSR count). The number of hydrogen-bond donors (Lipinski definition) is 0. The molecule has 1 unspecified atom stereocenters. The highest BCUT2D eigenvalue weighted by Gasteiger charge is 2.35. The van der Waals surface area contributed by atoms with Crippen LogP contribution in [0.4, 0.5) is 0 Å². The first-order valence-electron chi connectivity index (χ1n) is 9.13. The van der Waals surface area contributed by atoms with Crippen molar-refractivity contribution in [2.75, 3.05) is 6.54 Å². The summed E-state index contributed by atoms with van der Waals surface area (Å²) in [6.45, 7) is 5.76. The Bertz CT molecular complexity index is 759. The lowest BCUT2D eigenvalue weighted by Gasteiger charge is -2.19. The van der Waals surface area contributed by atoms with Crippen LogP contribution in [0.1, 0.15) is 67.2 Å². The second-order valence-electron chi connectivity index (χ2n) is 7.77. The lowest BCUT2D eigenvalue weighted by Crippen LogP contribution is -2.31. The number of ether oxygens (including phenoxy) is 1. The van der Waals surface area contributed by atoms with Crippen LogP contribution in [0.5, 0.6) is 0 Å². The zero-order valence-electron chi connectivity index (χ0n) is 15.9. The van der Waals surface area contributed by atoms with Crippen molar-refractivity contribution in [1.29, 1.82) is 0 Å². The lowest BCUT2D eigenvalue weighted by atomic mass is 10.1. The van der Waals surface area contributed by atoms with Crippen molar-refractivity contribution in [3.05, 3.63) is 35.4 Å². The zero-order chi connectivity index (χ0) is 19.6. The van der Waals surface area contributed by atoms with Crippen LogP contribution in [0.2, 0.25) is 0 Å². The number of amides is 2. The van der Waals surface area contributed by atoms with Crippen molar-refractivity contribution in [3.8, 4) is 0 Å². The van der Waals surface area contributed by atoms with Gasteiger partial charge < -0.3 is 9.57 Å². The van der Waals surface area contributed by atoms with Crippen molar-refractivity contribution in [2.24, 2.45) is 5.16 Å². The van der Waals surface area contributed by atoms with E-state index >= 15 is 0 Å². The van der Waals surface area contributed by atoms with Gasteiger partial charge >= 0.3 is 5.97 Å². The molecule has 2 amide bonds. The van der Waals surface area contributed by atoms with E-state index in [1.165, 1.54) is 4.90 Å². The van der Waals surface area contributed by atoms with Gasteiger partial charge in [0.25, 0.3) is 11.8 Å². The minimum absolute atomic E-state index is 0.172. The molecule has 0 aliphatic carbocycles. The lowest BCUT2D eigenvalue weighted by molar-refractivity contribution is -0.155. The van der Waals surface area contributed by atoms with E-state index in [1.54, 1.807) is 24.3 Å². The van der Waals surface area contributed by atoms with Crippen LogP contribution >= 0.6 is 0 Å². The third kappa shape index (κ3) is 4.53. The average molecular weight is 372 g/mol. The minimum Gasteiger partial charge on any atom is -0.460 e. The first-order valence-corrected chi connectivity index (χ1v) is 9.13. The van der Waals surface area contributed by atoms with Gasteiger partial charge in [-0.1, -0.05) is 17.3 Å². The number of hydrogen-bond acceptors (Lipinski definition) is 6. The van der Waals surface area contributed by atoms with Gasteiger partial charge in [-0.05, 0) is 39.3 Å². The summed E-state index contributed by atoms with van der Waals surface area (Å²) in [4.78, 5) is 43.1. The minimum atomic E-state index is -0.498. The van der Waals surface area contributed by atoms with Gasteiger partial charge in [0.2, 0.25) is 0 Å². The van der Waals surface area contributed by atoms with E-state index in [0.717, 1.165) is 5.71 Å². The first kappa shape index (κ1) is 19.1. The Hall–Kier alpha value is -2.70. The molecule has 1 aromatic rings. The number of carbonyl (C=O) groups excluding carboxylic acids is 3. The summed E-state index contributed by atoms with van der Waals surface area (Å²) in [5.74, 6) is -0.793. The van der Waals surface area contributed by atoms with Crippen LogP contribution in [0.3, 0.4) is 0 Å². The molecule has 0 spiro atoms. The molecule has 2 heterocycles. The molecule has 1 aromatic carbocycles. The standard InChI is InChI=1S/C20H24N2O5/c1-20(2,3)26-17(23)9-8-14-12-13(21-27-14)10-11-22-18(24)15-6-4-5-7-16(15)19(22)25/h4-7,14H,8-12H2,1-3H3. The summed E-state index contributed by atoms with van der Waals surface area (Å²) in [6, 6.07) is 6.83. The maximum atomic E-state index is 12.4. The van der Waals surface area contributed by atoms with Gasteiger partial charge in [0.15, 0.2) is 0 Å². The van der Waals surface area contributed by atoms with Crippen molar-refractivity contribution in [2.45, 2.75) is 58.2 Å². The Morgan fingerprint density at radius 2 is 1.85 bits per heavy atom. The number of carbonyl (C=O) groups is 3. The van der Waals surface area contributed by atoms with Crippen molar-refractivity contribution < 1.29 is 24.0 Å². The third-order valence-corrected chi connectivity index (χ3v) is 4.39. The second-order valence-corrected chi connectivity index (χ2v) is 7.77. The summed E-state index contributed by atoms with van der Waals surface area (Å²) in [5.41, 5.74) is 1.19.